The van der Waals surface area contributed by atoms with Crippen molar-refractivity contribution in [2.24, 2.45) is 10.7 Å². The highest BCUT2D eigenvalue weighted by molar-refractivity contribution is 6.33. The molecule has 0 amide bonds. The molecule has 0 fully saturated rings. The average molecular weight is 449 g/mol. The molecule has 160 valence electrons. The average Bonchev–Trinajstić information content (AvgIpc) is 3.26. The standard InChI is InChI=1S/C22H16ClF3N2O3/c23-17-5-1-2-6-18(17)28-19(12-20(27)22(24,25)26)14-7-9-15(10-8-14)21(29)31-13-16-4-3-11-30-16/h1-12H,13,27H2. The molecule has 0 saturated carbocycles. The minimum Gasteiger partial charge on any atom is -0.466 e. The highest BCUT2D eigenvalue weighted by atomic mass is 35.5. The van der Waals surface area contributed by atoms with Gasteiger partial charge in [0.15, 0.2) is 0 Å². The van der Waals surface area contributed by atoms with Gasteiger partial charge in [-0.1, -0.05) is 35.9 Å². The van der Waals surface area contributed by atoms with Crippen LogP contribution in [0, 0.1) is 0 Å². The fourth-order valence-electron chi connectivity index (χ4n) is 2.47. The van der Waals surface area contributed by atoms with Crippen molar-refractivity contribution in [3.05, 3.63) is 101 Å². The third-order valence-electron chi connectivity index (χ3n) is 4.05. The van der Waals surface area contributed by atoms with E-state index in [0.717, 1.165) is 0 Å². The van der Waals surface area contributed by atoms with Crippen LogP contribution in [0.4, 0.5) is 18.9 Å². The van der Waals surface area contributed by atoms with E-state index >= 15 is 0 Å². The lowest BCUT2D eigenvalue weighted by Crippen LogP contribution is -2.21. The molecule has 0 radical (unpaired) electrons. The Bertz CT molecular complexity index is 1110. The molecule has 5 nitrogen and oxygen atoms in total. The van der Waals surface area contributed by atoms with Crippen molar-refractivity contribution < 1.29 is 27.1 Å². The molecule has 1 heterocycles. The van der Waals surface area contributed by atoms with Crippen molar-refractivity contribution >= 4 is 29.0 Å². The molecule has 0 spiro atoms. The Labute approximate surface area is 180 Å². The number of halogens is 4. The first kappa shape index (κ1) is 22.2. The molecule has 0 aliphatic carbocycles. The van der Waals surface area contributed by atoms with E-state index in [1.54, 1.807) is 36.4 Å². The second-order valence-electron chi connectivity index (χ2n) is 6.28. The summed E-state index contributed by atoms with van der Waals surface area (Å²) in [6, 6.07) is 15.5. The number of nitrogens with two attached hydrogens (primary N) is 1. The van der Waals surface area contributed by atoms with Gasteiger partial charge in [-0.15, -0.1) is 0 Å². The summed E-state index contributed by atoms with van der Waals surface area (Å²) in [7, 11) is 0. The molecular formula is C22H16ClF3N2O3. The van der Waals surface area contributed by atoms with Crippen LogP contribution in [0.2, 0.25) is 5.02 Å². The van der Waals surface area contributed by atoms with Gasteiger partial charge in [0.05, 0.1) is 28.2 Å². The van der Waals surface area contributed by atoms with Crippen molar-refractivity contribution in [2.45, 2.75) is 12.8 Å². The highest BCUT2D eigenvalue weighted by Crippen LogP contribution is 2.27. The fraction of sp³-hybridized carbons (Fsp3) is 0.0909. The van der Waals surface area contributed by atoms with E-state index < -0.39 is 17.8 Å². The smallest absolute Gasteiger partial charge is 0.430 e. The van der Waals surface area contributed by atoms with E-state index in [-0.39, 0.29) is 28.6 Å². The maximum Gasteiger partial charge on any atom is 0.430 e. The maximum atomic E-state index is 13.0. The van der Waals surface area contributed by atoms with Crippen LogP contribution < -0.4 is 5.73 Å². The van der Waals surface area contributed by atoms with Gasteiger partial charge in [-0.05, 0) is 42.5 Å². The maximum absolute atomic E-state index is 13.0. The molecule has 9 heteroatoms. The number of para-hydroxylation sites is 1. The van der Waals surface area contributed by atoms with Crippen LogP contribution >= 0.6 is 11.6 Å². The highest BCUT2D eigenvalue weighted by Gasteiger charge is 2.31. The van der Waals surface area contributed by atoms with Gasteiger partial charge in [-0.2, -0.15) is 13.2 Å². The third kappa shape index (κ3) is 5.99. The summed E-state index contributed by atoms with van der Waals surface area (Å²) in [6.07, 6.45) is -2.55. The molecule has 0 bridgehead atoms. The van der Waals surface area contributed by atoms with Crippen LogP contribution in [0.5, 0.6) is 0 Å². The number of hydrogen-bond acceptors (Lipinski definition) is 5. The summed E-state index contributed by atoms with van der Waals surface area (Å²) in [5, 5.41) is 0.261. The number of carbonyl (C=O) groups is 1. The van der Waals surface area contributed by atoms with Crippen LogP contribution in [0.15, 0.2) is 88.1 Å². The van der Waals surface area contributed by atoms with E-state index in [9.17, 15) is 18.0 Å². The fourth-order valence-corrected chi connectivity index (χ4v) is 2.65. The molecule has 2 N–H and O–H groups in total. The minimum atomic E-state index is -4.73. The zero-order chi connectivity index (χ0) is 22.4. The van der Waals surface area contributed by atoms with E-state index in [2.05, 4.69) is 4.99 Å². The first-order valence-corrected chi connectivity index (χ1v) is 9.29. The van der Waals surface area contributed by atoms with E-state index in [1.807, 2.05) is 0 Å². The molecule has 0 saturated heterocycles. The van der Waals surface area contributed by atoms with E-state index in [4.69, 9.17) is 26.5 Å². The SMILES string of the molecule is NC(=CC(=Nc1ccccc1Cl)c1ccc(C(=O)OCc2ccco2)cc1)C(F)(F)F. The van der Waals surface area contributed by atoms with Crippen LogP contribution in [0.1, 0.15) is 21.7 Å². The first-order valence-electron chi connectivity index (χ1n) is 8.91. The van der Waals surface area contributed by atoms with E-state index in [0.29, 0.717) is 17.4 Å². The van der Waals surface area contributed by atoms with Crippen LogP contribution in [-0.2, 0) is 11.3 Å². The second kappa shape index (κ2) is 9.53. The van der Waals surface area contributed by atoms with Crippen LogP contribution in [-0.4, -0.2) is 17.9 Å². The number of rotatable bonds is 6. The van der Waals surface area contributed by atoms with Gasteiger partial charge in [0.2, 0.25) is 0 Å². The van der Waals surface area contributed by atoms with Gasteiger partial charge in [0.1, 0.15) is 18.1 Å². The van der Waals surface area contributed by atoms with Gasteiger partial charge in [-0.25, -0.2) is 9.79 Å². The molecule has 2 aromatic carbocycles. The minimum absolute atomic E-state index is 0.0440. The summed E-state index contributed by atoms with van der Waals surface area (Å²) < 4.78 is 49.1. The Kier molecular flexibility index (Phi) is 6.81. The van der Waals surface area contributed by atoms with Crippen molar-refractivity contribution in [1.29, 1.82) is 0 Å². The molecule has 0 unspecified atom stereocenters. The summed E-state index contributed by atoms with van der Waals surface area (Å²) in [6.45, 7) is -0.0440. The summed E-state index contributed by atoms with van der Waals surface area (Å²) in [5.41, 5.74) is 4.57. The van der Waals surface area contributed by atoms with Crippen molar-refractivity contribution in [1.82, 2.24) is 0 Å². The quantitative estimate of drug-likeness (QED) is 0.381. The van der Waals surface area contributed by atoms with Gasteiger partial charge < -0.3 is 14.9 Å². The van der Waals surface area contributed by atoms with Gasteiger partial charge in [-0.3, -0.25) is 0 Å². The third-order valence-corrected chi connectivity index (χ3v) is 4.37. The number of esters is 1. The molecular weight excluding hydrogens is 433 g/mol. The molecule has 0 aliphatic rings. The molecule has 31 heavy (non-hydrogen) atoms. The number of carbonyl (C=O) groups excluding carboxylic acids is 1. The van der Waals surface area contributed by atoms with Crippen molar-refractivity contribution in [3.8, 4) is 0 Å². The predicted octanol–water partition coefficient (Wildman–Crippen LogP) is 5.82. The van der Waals surface area contributed by atoms with Gasteiger partial charge in [0.25, 0.3) is 0 Å². The molecule has 3 rings (SSSR count). The van der Waals surface area contributed by atoms with Crippen molar-refractivity contribution in [3.63, 3.8) is 0 Å². The Morgan fingerprint density at radius 2 is 1.74 bits per heavy atom. The monoisotopic (exact) mass is 448 g/mol. The number of aliphatic imine (C=N–C) groups is 1. The van der Waals surface area contributed by atoms with Crippen LogP contribution in [0.25, 0.3) is 0 Å². The number of furan rings is 1. The lowest BCUT2D eigenvalue weighted by Gasteiger charge is -2.10. The number of alkyl halides is 3. The van der Waals surface area contributed by atoms with Gasteiger partial charge >= 0.3 is 12.1 Å². The van der Waals surface area contributed by atoms with Crippen molar-refractivity contribution in [2.75, 3.05) is 0 Å². The second-order valence-corrected chi connectivity index (χ2v) is 6.69. The summed E-state index contributed by atoms with van der Waals surface area (Å²) >= 11 is 6.08. The van der Waals surface area contributed by atoms with E-state index in [1.165, 1.54) is 30.5 Å². The number of benzene rings is 2. The molecule has 0 aliphatic heterocycles. The predicted molar refractivity (Wildman–Crippen MR) is 110 cm³/mol. The number of hydrogen-bond donors (Lipinski definition) is 1. The molecule has 0 atom stereocenters. The Balaban J connectivity index is 1.88. The lowest BCUT2D eigenvalue weighted by atomic mass is 10.1. The van der Waals surface area contributed by atoms with Gasteiger partial charge in [0, 0.05) is 5.56 Å². The number of ether oxygens (including phenoxy) is 1. The largest absolute Gasteiger partial charge is 0.466 e. The summed E-state index contributed by atoms with van der Waals surface area (Å²) in [4.78, 5) is 16.4. The van der Waals surface area contributed by atoms with Crippen LogP contribution in [0.3, 0.4) is 0 Å². The number of nitrogens with zero attached hydrogens (tertiary/aromatic N) is 1. The number of allylic oxidation sites excluding steroid dienone is 2. The normalized spacial score (nSPS) is 12.6. The Morgan fingerprint density at radius 3 is 2.35 bits per heavy atom. The first-order chi connectivity index (χ1) is 14.7. The zero-order valence-electron chi connectivity index (χ0n) is 15.9. The Morgan fingerprint density at radius 1 is 1.06 bits per heavy atom. The molecule has 3 aromatic rings. The molecule has 1 aromatic heterocycles. The summed E-state index contributed by atoms with van der Waals surface area (Å²) in [5.74, 6) is -0.134. The topological polar surface area (TPSA) is 77.8 Å². The zero-order valence-corrected chi connectivity index (χ0v) is 16.7. The Hall–Kier alpha value is -3.52. The lowest BCUT2D eigenvalue weighted by molar-refractivity contribution is -0.0925.